The first-order valence-electron chi connectivity index (χ1n) is 8.91. The van der Waals surface area contributed by atoms with Crippen molar-refractivity contribution < 1.29 is 28.5 Å². The van der Waals surface area contributed by atoms with Crippen LogP contribution in [-0.2, 0) is 11.3 Å². The molecule has 0 aliphatic carbocycles. The van der Waals surface area contributed by atoms with E-state index in [4.69, 9.17) is 23.7 Å². The van der Waals surface area contributed by atoms with E-state index >= 15 is 0 Å². The highest BCUT2D eigenvalue weighted by Gasteiger charge is 2.21. The van der Waals surface area contributed by atoms with Crippen LogP contribution in [0, 0.1) is 0 Å². The van der Waals surface area contributed by atoms with Crippen molar-refractivity contribution in [1.82, 2.24) is 4.98 Å². The number of aromatic nitrogens is 1. The number of hydrogen-bond donors (Lipinski definition) is 0. The van der Waals surface area contributed by atoms with Gasteiger partial charge in [0.15, 0.2) is 11.5 Å². The minimum Gasteiger partial charge on any atom is -0.497 e. The summed E-state index contributed by atoms with van der Waals surface area (Å²) in [5, 5.41) is 2.70. The summed E-state index contributed by atoms with van der Waals surface area (Å²) in [7, 11) is 3.14. The smallest absolute Gasteiger partial charge is 0.338 e. The Morgan fingerprint density at radius 3 is 2.83 bits per heavy atom. The molecule has 0 unspecified atom stereocenters. The summed E-state index contributed by atoms with van der Waals surface area (Å²) in [6.07, 6.45) is 0. The van der Waals surface area contributed by atoms with E-state index in [2.05, 4.69) is 4.98 Å². The molecule has 8 heteroatoms. The third-order valence-electron chi connectivity index (χ3n) is 4.28. The molecule has 1 aromatic heterocycles. The van der Waals surface area contributed by atoms with Crippen LogP contribution in [0.2, 0.25) is 0 Å². The number of carbonyl (C=O) groups excluding carboxylic acids is 1. The van der Waals surface area contributed by atoms with Crippen LogP contribution < -0.4 is 18.9 Å². The molecule has 1 aliphatic rings. The van der Waals surface area contributed by atoms with Crippen LogP contribution in [0.4, 0.5) is 0 Å². The molecule has 0 amide bonds. The van der Waals surface area contributed by atoms with Crippen molar-refractivity contribution in [1.29, 1.82) is 0 Å². The highest BCUT2D eigenvalue weighted by atomic mass is 32.1. The van der Waals surface area contributed by atoms with Crippen LogP contribution in [0.1, 0.15) is 16.1 Å². The molecule has 2 heterocycles. The summed E-state index contributed by atoms with van der Waals surface area (Å²) in [6, 6.07) is 10.8. The molecule has 7 nitrogen and oxygen atoms in total. The van der Waals surface area contributed by atoms with Crippen LogP contribution >= 0.6 is 11.3 Å². The Morgan fingerprint density at radius 2 is 2.00 bits per heavy atom. The van der Waals surface area contributed by atoms with Crippen molar-refractivity contribution >= 4 is 17.3 Å². The van der Waals surface area contributed by atoms with Gasteiger partial charge < -0.3 is 23.7 Å². The fourth-order valence-electron chi connectivity index (χ4n) is 2.88. The first kappa shape index (κ1) is 19.1. The molecule has 0 N–H and O–H groups in total. The minimum atomic E-state index is -0.490. The van der Waals surface area contributed by atoms with Crippen molar-refractivity contribution in [3.8, 4) is 33.6 Å². The Kier molecular flexibility index (Phi) is 5.53. The third-order valence-corrected chi connectivity index (χ3v) is 5.22. The molecule has 0 bridgehead atoms. The van der Waals surface area contributed by atoms with E-state index in [9.17, 15) is 4.79 Å². The first-order valence-corrected chi connectivity index (χ1v) is 9.79. The second-order valence-electron chi connectivity index (χ2n) is 6.15. The molecule has 0 radical (unpaired) electrons. The SMILES string of the molecule is COc1cccc(-c2nc(COC(=O)c3cc(OC)c4c(c3)OCCO4)cs2)c1. The van der Waals surface area contributed by atoms with Crippen LogP contribution in [0.3, 0.4) is 0 Å². The summed E-state index contributed by atoms with van der Waals surface area (Å²) in [6.45, 7) is 0.920. The van der Waals surface area contributed by atoms with E-state index in [0.29, 0.717) is 41.7 Å². The molecule has 4 rings (SSSR count). The first-order chi connectivity index (χ1) is 14.2. The van der Waals surface area contributed by atoms with Crippen LogP contribution in [0.25, 0.3) is 10.6 Å². The van der Waals surface area contributed by atoms with Crippen molar-refractivity contribution in [2.45, 2.75) is 6.61 Å². The molecule has 29 heavy (non-hydrogen) atoms. The van der Waals surface area contributed by atoms with E-state index in [0.717, 1.165) is 16.3 Å². The van der Waals surface area contributed by atoms with E-state index in [1.54, 1.807) is 19.2 Å². The normalized spacial score (nSPS) is 12.3. The highest BCUT2D eigenvalue weighted by molar-refractivity contribution is 7.13. The van der Waals surface area contributed by atoms with Gasteiger partial charge in [-0.3, -0.25) is 0 Å². The van der Waals surface area contributed by atoms with E-state index < -0.39 is 5.97 Å². The average molecular weight is 413 g/mol. The molecule has 0 saturated heterocycles. The predicted molar refractivity (Wildman–Crippen MR) is 107 cm³/mol. The van der Waals surface area contributed by atoms with Crippen molar-refractivity contribution in [2.75, 3.05) is 27.4 Å². The number of hydrogen-bond acceptors (Lipinski definition) is 8. The van der Waals surface area contributed by atoms with Crippen molar-refractivity contribution in [2.24, 2.45) is 0 Å². The summed E-state index contributed by atoms with van der Waals surface area (Å²) in [5.41, 5.74) is 1.95. The van der Waals surface area contributed by atoms with Gasteiger partial charge in [-0.1, -0.05) is 12.1 Å². The molecule has 3 aromatic rings. The number of thiazole rings is 1. The summed E-state index contributed by atoms with van der Waals surface area (Å²) < 4.78 is 27.1. The molecule has 1 aliphatic heterocycles. The van der Waals surface area contributed by atoms with Gasteiger partial charge in [0.2, 0.25) is 5.75 Å². The van der Waals surface area contributed by atoms with Gasteiger partial charge in [-0.15, -0.1) is 11.3 Å². The van der Waals surface area contributed by atoms with Gasteiger partial charge in [0, 0.05) is 10.9 Å². The topological polar surface area (TPSA) is 76.1 Å². The van der Waals surface area contributed by atoms with Crippen LogP contribution in [0.15, 0.2) is 41.8 Å². The van der Waals surface area contributed by atoms with Crippen molar-refractivity contribution in [3.63, 3.8) is 0 Å². The Labute approximate surface area is 171 Å². The monoisotopic (exact) mass is 413 g/mol. The number of nitrogens with zero attached hydrogens (tertiary/aromatic N) is 1. The maximum Gasteiger partial charge on any atom is 0.338 e. The largest absolute Gasteiger partial charge is 0.497 e. The number of fused-ring (bicyclic) bond motifs is 1. The maximum absolute atomic E-state index is 12.5. The second kappa shape index (κ2) is 8.40. The summed E-state index contributed by atoms with van der Waals surface area (Å²) in [5.74, 6) is 1.67. The third kappa shape index (κ3) is 4.12. The Balaban J connectivity index is 1.46. The lowest BCUT2D eigenvalue weighted by molar-refractivity contribution is 0.0467. The fraction of sp³-hybridized carbons (Fsp3) is 0.238. The van der Waals surface area contributed by atoms with E-state index in [1.807, 2.05) is 29.6 Å². The summed E-state index contributed by atoms with van der Waals surface area (Å²) >= 11 is 1.48. The lowest BCUT2D eigenvalue weighted by Crippen LogP contribution is -2.17. The van der Waals surface area contributed by atoms with E-state index in [-0.39, 0.29) is 6.61 Å². The van der Waals surface area contributed by atoms with Crippen LogP contribution in [0.5, 0.6) is 23.0 Å². The average Bonchev–Trinajstić information content (AvgIpc) is 3.25. The van der Waals surface area contributed by atoms with Gasteiger partial charge in [0.1, 0.15) is 30.6 Å². The number of ether oxygens (including phenoxy) is 5. The zero-order valence-electron chi connectivity index (χ0n) is 16.0. The fourth-order valence-corrected chi connectivity index (χ4v) is 3.68. The van der Waals surface area contributed by atoms with Gasteiger partial charge in [0.05, 0.1) is 25.5 Å². The predicted octanol–water partition coefficient (Wildman–Crippen LogP) is 3.96. The second-order valence-corrected chi connectivity index (χ2v) is 7.01. The molecule has 2 aromatic carbocycles. The molecule has 0 saturated carbocycles. The number of rotatable bonds is 6. The lowest BCUT2D eigenvalue weighted by Gasteiger charge is -2.21. The van der Waals surface area contributed by atoms with Gasteiger partial charge in [-0.25, -0.2) is 9.78 Å². The standard InChI is InChI=1S/C21H19NO6S/c1-24-16-5-3-4-13(8-16)20-22-15(12-29-20)11-28-21(23)14-9-17(25-2)19-18(10-14)26-6-7-27-19/h3-5,8-10,12H,6-7,11H2,1-2H3. The zero-order valence-corrected chi connectivity index (χ0v) is 16.8. The van der Waals surface area contributed by atoms with Gasteiger partial charge in [-0.05, 0) is 24.3 Å². The van der Waals surface area contributed by atoms with Crippen molar-refractivity contribution in [3.05, 3.63) is 53.0 Å². The summed E-state index contributed by atoms with van der Waals surface area (Å²) in [4.78, 5) is 17.1. The van der Waals surface area contributed by atoms with Gasteiger partial charge in [0.25, 0.3) is 0 Å². The zero-order chi connectivity index (χ0) is 20.2. The molecule has 0 atom stereocenters. The molecular weight excluding hydrogens is 394 g/mol. The van der Waals surface area contributed by atoms with Gasteiger partial charge >= 0.3 is 5.97 Å². The molecule has 150 valence electrons. The van der Waals surface area contributed by atoms with Gasteiger partial charge in [-0.2, -0.15) is 0 Å². The molecular formula is C21H19NO6S. The number of carbonyl (C=O) groups is 1. The lowest BCUT2D eigenvalue weighted by atomic mass is 10.1. The highest BCUT2D eigenvalue weighted by Crippen LogP contribution is 2.40. The van der Waals surface area contributed by atoms with Crippen LogP contribution in [-0.4, -0.2) is 38.4 Å². The molecule has 0 spiro atoms. The Hall–Kier alpha value is -3.26. The number of esters is 1. The molecule has 0 fully saturated rings. The number of benzene rings is 2. The maximum atomic E-state index is 12.5. The quantitative estimate of drug-likeness (QED) is 0.566. The van der Waals surface area contributed by atoms with E-state index in [1.165, 1.54) is 18.4 Å². The minimum absolute atomic E-state index is 0.0655. The Bertz CT molecular complexity index is 1010. The number of methoxy groups -OCH3 is 2. The Morgan fingerprint density at radius 1 is 1.14 bits per heavy atom.